The number of aromatic nitrogens is 1. The van der Waals surface area contributed by atoms with Crippen LogP contribution in [0.5, 0.6) is 0 Å². The molecule has 0 aliphatic carbocycles. The Hall–Kier alpha value is -1.28. The number of nitrogens with one attached hydrogen (secondary N) is 1. The summed E-state index contributed by atoms with van der Waals surface area (Å²) in [5, 5.41) is 4.62. The minimum atomic E-state index is 0.407. The summed E-state index contributed by atoms with van der Waals surface area (Å²) in [6.45, 7) is 7.59. The molecule has 1 heterocycles. The van der Waals surface area contributed by atoms with Gasteiger partial charge in [0.1, 0.15) is 0 Å². The molecule has 2 aromatic rings. The summed E-state index contributed by atoms with van der Waals surface area (Å²) >= 11 is 0. The molecule has 1 N–H and O–H groups in total. The Morgan fingerprint density at radius 3 is 2.69 bits per heavy atom. The van der Waals surface area contributed by atoms with Crippen molar-refractivity contribution in [2.45, 2.75) is 33.4 Å². The Morgan fingerprint density at radius 2 is 2.06 bits per heavy atom. The van der Waals surface area contributed by atoms with Gasteiger partial charge in [0.15, 0.2) is 0 Å². The van der Waals surface area contributed by atoms with Crippen LogP contribution in [0.15, 0.2) is 24.3 Å². The SMILES string of the molecule is CCn1c(C)cc2ccc(C(C)NC)cc21. The van der Waals surface area contributed by atoms with Crippen molar-refractivity contribution in [3.63, 3.8) is 0 Å². The van der Waals surface area contributed by atoms with E-state index < -0.39 is 0 Å². The zero-order chi connectivity index (χ0) is 11.7. The molecule has 0 saturated heterocycles. The molecule has 0 aliphatic heterocycles. The number of hydrogen-bond donors (Lipinski definition) is 1. The fourth-order valence-corrected chi connectivity index (χ4v) is 2.27. The molecule has 2 rings (SSSR count). The van der Waals surface area contributed by atoms with E-state index in [9.17, 15) is 0 Å². The van der Waals surface area contributed by atoms with Gasteiger partial charge in [-0.05, 0) is 50.9 Å². The van der Waals surface area contributed by atoms with Crippen LogP contribution in [-0.2, 0) is 6.54 Å². The largest absolute Gasteiger partial charge is 0.345 e. The van der Waals surface area contributed by atoms with Crippen LogP contribution in [0.1, 0.15) is 31.1 Å². The second kappa shape index (κ2) is 4.30. The number of nitrogens with zero attached hydrogens (tertiary/aromatic N) is 1. The fourth-order valence-electron chi connectivity index (χ4n) is 2.27. The van der Waals surface area contributed by atoms with Crippen molar-refractivity contribution in [2.24, 2.45) is 0 Å². The van der Waals surface area contributed by atoms with Crippen LogP contribution in [0.3, 0.4) is 0 Å². The molecule has 1 unspecified atom stereocenters. The molecule has 0 amide bonds. The first-order valence-corrected chi connectivity index (χ1v) is 5.94. The predicted octanol–water partition coefficient (Wildman–Crippen LogP) is 3.25. The summed E-state index contributed by atoms with van der Waals surface area (Å²) in [5.74, 6) is 0. The van der Waals surface area contributed by atoms with Crippen LogP contribution >= 0.6 is 0 Å². The van der Waals surface area contributed by atoms with Gasteiger partial charge >= 0.3 is 0 Å². The van der Waals surface area contributed by atoms with Crippen LogP contribution in [0, 0.1) is 6.92 Å². The molecule has 0 aliphatic rings. The molecule has 0 spiro atoms. The van der Waals surface area contributed by atoms with E-state index in [1.807, 2.05) is 7.05 Å². The summed E-state index contributed by atoms with van der Waals surface area (Å²) in [4.78, 5) is 0. The maximum atomic E-state index is 3.28. The third kappa shape index (κ3) is 1.74. The maximum absolute atomic E-state index is 3.28. The zero-order valence-corrected chi connectivity index (χ0v) is 10.5. The summed E-state index contributed by atoms with van der Waals surface area (Å²) in [6, 6.07) is 9.39. The number of benzene rings is 1. The number of aryl methyl sites for hydroxylation is 2. The van der Waals surface area contributed by atoms with Crippen molar-refractivity contribution in [3.8, 4) is 0 Å². The Bertz CT molecular complexity index is 497. The molecule has 0 fully saturated rings. The number of rotatable bonds is 3. The Kier molecular flexibility index (Phi) is 3.01. The third-order valence-electron chi connectivity index (χ3n) is 3.38. The van der Waals surface area contributed by atoms with Crippen molar-refractivity contribution < 1.29 is 0 Å². The predicted molar refractivity (Wildman–Crippen MR) is 69.8 cm³/mol. The summed E-state index contributed by atoms with van der Waals surface area (Å²) in [6.07, 6.45) is 0. The highest BCUT2D eigenvalue weighted by molar-refractivity contribution is 5.82. The van der Waals surface area contributed by atoms with Crippen molar-refractivity contribution in [2.75, 3.05) is 7.05 Å². The molecular weight excluding hydrogens is 196 g/mol. The lowest BCUT2D eigenvalue weighted by Crippen LogP contribution is -2.12. The minimum Gasteiger partial charge on any atom is -0.345 e. The zero-order valence-electron chi connectivity index (χ0n) is 10.5. The Labute approximate surface area is 97.3 Å². The standard InChI is InChI=1S/C14H20N2/c1-5-16-10(2)8-13-7-6-12(9-14(13)16)11(3)15-4/h6-9,11,15H,5H2,1-4H3. The van der Waals surface area contributed by atoms with Crippen molar-refractivity contribution in [3.05, 3.63) is 35.5 Å². The van der Waals surface area contributed by atoms with Gasteiger partial charge in [0.25, 0.3) is 0 Å². The fraction of sp³-hybridized carbons (Fsp3) is 0.429. The second-order valence-corrected chi connectivity index (χ2v) is 4.36. The van der Waals surface area contributed by atoms with Gasteiger partial charge in [0.05, 0.1) is 0 Å². The maximum Gasteiger partial charge on any atom is 0.0485 e. The molecule has 2 heteroatoms. The van der Waals surface area contributed by atoms with Gasteiger partial charge in [-0.15, -0.1) is 0 Å². The lowest BCUT2D eigenvalue weighted by molar-refractivity contribution is 0.652. The van der Waals surface area contributed by atoms with E-state index in [-0.39, 0.29) is 0 Å². The smallest absolute Gasteiger partial charge is 0.0485 e. The quantitative estimate of drug-likeness (QED) is 0.833. The number of hydrogen-bond acceptors (Lipinski definition) is 1. The minimum absolute atomic E-state index is 0.407. The van der Waals surface area contributed by atoms with Crippen LogP contribution < -0.4 is 5.32 Å². The monoisotopic (exact) mass is 216 g/mol. The van der Waals surface area contributed by atoms with Gasteiger partial charge in [-0.3, -0.25) is 0 Å². The van der Waals surface area contributed by atoms with E-state index >= 15 is 0 Å². The van der Waals surface area contributed by atoms with Gasteiger partial charge in [0.2, 0.25) is 0 Å². The van der Waals surface area contributed by atoms with Crippen molar-refractivity contribution in [1.29, 1.82) is 0 Å². The van der Waals surface area contributed by atoms with Crippen molar-refractivity contribution >= 4 is 10.9 Å². The van der Waals surface area contributed by atoms with Crippen LogP contribution in [0.25, 0.3) is 10.9 Å². The van der Waals surface area contributed by atoms with E-state index in [1.165, 1.54) is 22.2 Å². The van der Waals surface area contributed by atoms with Crippen molar-refractivity contribution in [1.82, 2.24) is 9.88 Å². The van der Waals surface area contributed by atoms with E-state index in [1.54, 1.807) is 0 Å². The van der Waals surface area contributed by atoms with Crippen LogP contribution in [0.4, 0.5) is 0 Å². The van der Waals surface area contributed by atoms with Gasteiger partial charge < -0.3 is 9.88 Å². The lowest BCUT2D eigenvalue weighted by Gasteiger charge is -2.11. The molecule has 1 atom stereocenters. The molecule has 0 bridgehead atoms. The average Bonchev–Trinajstić information content (AvgIpc) is 2.62. The molecule has 1 aromatic heterocycles. The first-order chi connectivity index (χ1) is 7.67. The summed E-state index contributed by atoms with van der Waals surface area (Å²) < 4.78 is 2.36. The van der Waals surface area contributed by atoms with Gasteiger partial charge in [-0.2, -0.15) is 0 Å². The molecule has 2 nitrogen and oxygen atoms in total. The van der Waals surface area contributed by atoms with Crippen LogP contribution in [-0.4, -0.2) is 11.6 Å². The molecule has 0 saturated carbocycles. The van der Waals surface area contributed by atoms with E-state index in [0.29, 0.717) is 6.04 Å². The van der Waals surface area contributed by atoms with E-state index in [4.69, 9.17) is 0 Å². The molecule has 0 radical (unpaired) electrons. The normalized spacial score (nSPS) is 13.2. The Balaban J connectivity index is 2.59. The first-order valence-electron chi connectivity index (χ1n) is 5.94. The number of fused-ring (bicyclic) bond motifs is 1. The Morgan fingerprint density at radius 1 is 1.31 bits per heavy atom. The molecule has 86 valence electrons. The highest BCUT2D eigenvalue weighted by atomic mass is 15.0. The van der Waals surface area contributed by atoms with E-state index in [2.05, 4.69) is 54.9 Å². The average molecular weight is 216 g/mol. The first kappa shape index (κ1) is 11.2. The summed E-state index contributed by atoms with van der Waals surface area (Å²) in [5.41, 5.74) is 4.04. The van der Waals surface area contributed by atoms with E-state index in [0.717, 1.165) is 6.54 Å². The third-order valence-corrected chi connectivity index (χ3v) is 3.38. The van der Waals surface area contributed by atoms with Gasteiger partial charge in [0, 0.05) is 23.8 Å². The van der Waals surface area contributed by atoms with Gasteiger partial charge in [-0.25, -0.2) is 0 Å². The highest BCUT2D eigenvalue weighted by Crippen LogP contribution is 2.23. The topological polar surface area (TPSA) is 17.0 Å². The molecule has 1 aromatic carbocycles. The highest BCUT2D eigenvalue weighted by Gasteiger charge is 2.07. The van der Waals surface area contributed by atoms with Gasteiger partial charge in [-0.1, -0.05) is 12.1 Å². The molecular formula is C14H20N2. The second-order valence-electron chi connectivity index (χ2n) is 4.36. The summed E-state index contributed by atoms with van der Waals surface area (Å²) in [7, 11) is 2.00. The van der Waals surface area contributed by atoms with Crippen LogP contribution in [0.2, 0.25) is 0 Å². The molecule has 16 heavy (non-hydrogen) atoms. The lowest BCUT2D eigenvalue weighted by atomic mass is 10.1.